The van der Waals surface area contributed by atoms with Crippen LogP contribution in [0.4, 0.5) is 4.39 Å². The molecule has 0 heterocycles. The summed E-state index contributed by atoms with van der Waals surface area (Å²) in [5.74, 6) is 0. The molecule has 0 aromatic heterocycles. The Hall–Kier alpha value is -0.890. The van der Waals surface area contributed by atoms with Crippen molar-refractivity contribution in [1.29, 1.82) is 0 Å². The molecule has 2 rings (SSSR count). The SMILES string of the molecule is NCCc1cccc(C2(F)CC2)c1. The molecule has 70 valence electrons. The molecule has 13 heavy (non-hydrogen) atoms. The van der Waals surface area contributed by atoms with E-state index >= 15 is 0 Å². The third-order valence-electron chi connectivity index (χ3n) is 2.57. The molecule has 0 aliphatic heterocycles. The third kappa shape index (κ3) is 1.73. The fraction of sp³-hybridized carbons (Fsp3) is 0.455. The molecule has 0 atom stereocenters. The number of rotatable bonds is 3. The Bertz CT molecular complexity index is 305. The second-order valence-corrected chi connectivity index (χ2v) is 3.70. The molecule has 1 saturated carbocycles. The van der Waals surface area contributed by atoms with Crippen LogP contribution in [0.3, 0.4) is 0 Å². The molecule has 0 radical (unpaired) electrons. The van der Waals surface area contributed by atoms with Gasteiger partial charge in [0.25, 0.3) is 0 Å². The molecule has 0 saturated heterocycles. The Morgan fingerprint density at radius 3 is 2.77 bits per heavy atom. The average molecular weight is 179 g/mol. The van der Waals surface area contributed by atoms with E-state index < -0.39 is 5.67 Å². The van der Waals surface area contributed by atoms with Crippen LogP contribution in [0, 0.1) is 0 Å². The first kappa shape index (κ1) is 8.70. The van der Waals surface area contributed by atoms with Crippen molar-refractivity contribution in [2.75, 3.05) is 6.54 Å². The Morgan fingerprint density at radius 1 is 1.38 bits per heavy atom. The number of alkyl halides is 1. The molecular formula is C11H14FN. The summed E-state index contributed by atoms with van der Waals surface area (Å²) in [6.45, 7) is 0.628. The first-order valence-corrected chi connectivity index (χ1v) is 4.73. The Balaban J connectivity index is 2.22. The van der Waals surface area contributed by atoms with Crippen molar-refractivity contribution in [1.82, 2.24) is 0 Å². The van der Waals surface area contributed by atoms with Crippen molar-refractivity contribution < 1.29 is 4.39 Å². The lowest BCUT2D eigenvalue weighted by molar-refractivity contribution is 0.317. The predicted molar refractivity (Wildman–Crippen MR) is 51.2 cm³/mol. The van der Waals surface area contributed by atoms with Crippen LogP contribution in [0.25, 0.3) is 0 Å². The maximum Gasteiger partial charge on any atom is 0.136 e. The van der Waals surface area contributed by atoms with Crippen molar-refractivity contribution in [2.24, 2.45) is 5.73 Å². The summed E-state index contributed by atoms with van der Waals surface area (Å²) in [6, 6.07) is 7.73. The fourth-order valence-corrected chi connectivity index (χ4v) is 1.57. The van der Waals surface area contributed by atoms with Crippen LogP contribution in [0.2, 0.25) is 0 Å². The number of halogens is 1. The number of hydrogen-bond acceptors (Lipinski definition) is 1. The monoisotopic (exact) mass is 179 g/mol. The maximum absolute atomic E-state index is 13.6. The predicted octanol–water partition coefficient (Wildman–Crippen LogP) is 2.15. The van der Waals surface area contributed by atoms with Gasteiger partial charge in [0.1, 0.15) is 5.67 Å². The van der Waals surface area contributed by atoms with E-state index in [1.807, 2.05) is 24.3 Å². The Labute approximate surface area is 77.8 Å². The first-order chi connectivity index (χ1) is 6.24. The lowest BCUT2D eigenvalue weighted by Gasteiger charge is -2.06. The topological polar surface area (TPSA) is 26.0 Å². The molecular weight excluding hydrogens is 165 g/mol. The van der Waals surface area contributed by atoms with Gasteiger partial charge in [-0.05, 0) is 36.9 Å². The fourth-order valence-electron chi connectivity index (χ4n) is 1.57. The zero-order chi connectivity index (χ0) is 9.31. The largest absolute Gasteiger partial charge is 0.330 e. The molecule has 0 amide bonds. The quantitative estimate of drug-likeness (QED) is 0.756. The maximum atomic E-state index is 13.6. The summed E-state index contributed by atoms with van der Waals surface area (Å²) >= 11 is 0. The van der Waals surface area contributed by atoms with E-state index in [4.69, 9.17) is 5.73 Å². The van der Waals surface area contributed by atoms with Gasteiger partial charge >= 0.3 is 0 Å². The molecule has 0 unspecified atom stereocenters. The smallest absolute Gasteiger partial charge is 0.136 e. The van der Waals surface area contributed by atoms with Crippen LogP contribution < -0.4 is 5.73 Å². The van der Waals surface area contributed by atoms with Crippen LogP contribution in [-0.2, 0) is 12.1 Å². The standard InChI is InChI=1S/C11H14FN/c12-11(5-6-11)10-3-1-2-9(8-10)4-7-13/h1-3,8H,4-7,13H2. The molecule has 1 fully saturated rings. The van der Waals surface area contributed by atoms with E-state index in [-0.39, 0.29) is 0 Å². The van der Waals surface area contributed by atoms with Crippen LogP contribution >= 0.6 is 0 Å². The summed E-state index contributed by atoms with van der Waals surface area (Å²) in [7, 11) is 0. The molecule has 0 bridgehead atoms. The molecule has 1 aliphatic carbocycles. The minimum Gasteiger partial charge on any atom is -0.330 e. The molecule has 2 N–H and O–H groups in total. The normalized spacial score (nSPS) is 18.6. The minimum atomic E-state index is -1.01. The van der Waals surface area contributed by atoms with Gasteiger partial charge in [-0.1, -0.05) is 24.3 Å². The van der Waals surface area contributed by atoms with Gasteiger partial charge in [-0.25, -0.2) is 4.39 Å². The second-order valence-electron chi connectivity index (χ2n) is 3.70. The molecule has 0 spiro atoms. The van der Waals surface area contributed by atoms with Crippen molar-refractivity contribution >= 4 is 0 Å². The summed E-state index contributed by atoms with van der Waals surface area (Å²) < 4.78 is 13.6. The van der Waals surface area contributed by atoms with Gasteiger partial charge in [0.2, 0.25) is 0 Å². The van der Waals surface area contributed by atoms with Crippen molar-refractivity contribution in [3.8, 4) is 0 Å². The van der Waals surface area contributed by atoms with Gasteiger partial charge in [0, 0.05) is 0 Å². The Morgan fingerprint density at radius 2 is 2.15 bits per heavy atom. The molecule has 1 aromatic carbocycles. The summed E-state index contributed by atoms with van der Waals surface area (Å²) in [5.41, 5.74) is 6.41. The molecule has 1 aliphatic rings. The van der Waals surface area contributed by atoms with Gasteiger partial charge in [0.05, 0.1) is 0 Å². The van der Waals surface area contributed by atoms with Gasteiger partial charge in [0.15, 0.2) is 0 Å². The zero-order valence-electron chi connectivity index (χ0n) is 7.59. The van der Waals surface area contributed by atoms with Crippen LogP contribution in [0.15, 0.2) is 24.3 Å². The van der Waals surface area contributed by atoms with Gasteiger partial charge in [-0.15, -0.1) is 0 Å². The molecule has 1 nitrogen and oxygen atoms in total. The van der Waals surface area contributed by atoms with Crippen LogP contribution in [0.5, 0.6) is 0 Å². The Kier molecular flexibility index (Phi) is 2.08. The number of hydrogen-bond donors (Lipinski definition) is 1. The van der Waals surface area contributed by atoms with Crippen LogP contribution in [-0.4, -0.2) is 6.54 Å². The average Bonchev–Trinajstić information content (AvgIpc) is 2.86. The summed E-state index contributed by atoms with van der Waals surface area (Å²) in [6.07, 6.45) is 2.20. The van der Waals surface area contributed by atoms with E-state index in [1.165, 1.54) is 0 Å². The summed E-state index contributed by atoms with van der Waals surface area (Å²) in [5, 5.41) is 0. The lowest BCUT2D eigenvalue weighted by Crippen LogP contribution is -2.04. The highest BCUT2D eigenvalue weighted by Gasteiger charge is 2.44. The van der Waals surface area contributed by atoms with Crippen LogP contribution in [0.1, 0.15) is 24.0 Å². The highest BCUT2D eigenvalue weighted by atomic mass is 19.1. The van der Waals surface area contributed by atoms with Crippen molar-refractivity contribution in [2.45, 2.75) is 24.9 Å². The van der Waals surface area contributed by atoms with E-state index in [0.29, 0.717) is 19.4 Å². The lowest BCUT2D eigenvalue weighted by atomic mass is 10.0. The summed E-state index contributed by atoms with van der Waals surface area (Å²) in [4.78, 5) is 0. The van der Waals surface area contributed by atoms with E-state index in [9.17, 15) is 4.39 Å². The van der Waals surface area contributed by atoms with Gasteiger partial charge in [-0.2, -0.15) is 0 Å². The van der Waals surface area contributed by atoms with Crippen molar-refractivity contribution in [3.05, 3.63) is 35.4 Å². The highest BCUT2D eigenvalue weighted by molar-refractivity contribution is 5.31. The second kappa shape index (κ2) is 3.11. The minimum absolute atomic E-state index is 0.628. The highest BCUT2D eigenvalue weighted by Crippen LogP contribution is 2.49. The van der Waals surface area contributed by atoms with Gasteiger partial charge in [-0.3, -0.25) is 0 Å². The molecule has 2 heteroatoms. The third-order valence-corrected chi connectivity index (χ3v) is 2.57. The van der Waals surface area contributed by atoms with E-state index in [0.717, 1.165) is 17.5 Å². The molecule has 1 aromatic rings. The van der Waals surface area contributed by atoms with E-state index in [1.54, 1.807) is 0 Å². The van der Waals surface area contributed by atoms with E-state index in [2.05, 4.69) is 0 Å². The van der Waals surface area contributed by atoms with Gasteiger partial charge < -0.3 is 5.73 Å². The zero-order valence-corrected chi connectivity index (χ0v) is 7.59. The van der Waals surface area contributed by atoms with Crippen molar-refractivity contribution in [3.63, 3.8) is 0 Å². The number of benzene rings is 1. The first-order valence-electron chi connectivity index (χ1n) is 4.73. The number of nitrogens with two attached hydrogens (primary N) is 1.